The van der Waals surface area contributed by atoms with Gasteiger partial charge in [0.2, 0.25) is 4.77 Å². The Hall–Kier alpha value is -2.12. The molecule has 108 valence electrons. The van der Waals surface area contributed by atoms with E-state index < -0.39 is 0 Å². The van der Waals surface area contributed by atoms with Gasteiger partial charge in [0.25, 0.3) is 0 Å². The highest BCUT2D eigenvalue weighted by Gasteiger charge is 2.23. The number of aromatic amines is 1. The van der Waals surface area contributed by atoms with Gasteiger partial charge in [0.15, 0.2) is 5.65 Å². The normalized spacial score (nSPS) is 14.0. The summed E-state index contributed by atoms with van der Waals surface area (Å²) in [5, 5.41) is 8.57. The molecule has 1 aliphatic carbocycles. The standard InChI is InChI=1S/C15H11N5S2/c21-15-19-18-13-11-9-2-1-3-10(9)22-14(11)17-12(20(13)15)8-4-6-16-7-5-8/h4-7H,1-3H2,(H,19,21). The summed E-state index contributed by atoms with van der Waals surface area (Å²) in [5.74, 6) is 0.823. The third-order valence-corrected chi connectivity index (χ3v) is 5.62. The number of aromatic nitrogens is 5. The van der Waals surface area contributed by atoms with Crippen LogP contribution in [0.25, 0.3) is 27.3 Å². The first kappa shape index (κ1) is 12.4. The van der Waals surface area contributed by atoms with Crippen molar-refractivity contribution in [1.29, 1.82) is 0 Å². The molecule has 5 nitrogen and oxygen atoms in total. The van der Waals surface area contributed by atoms with Crippen LogP contribution in [0.15, 0.2) is 24.5 Å². The lowest BCUT2D eigenvalue weighted by Crippen LogP contribution is -1.97. The highest BCUT2D eigenvalue weighted by molar-refractivity contribution is 7.71. The minimum absolute atomic E-state index is 0.578. The Kier molecular flexibility index (Phi) is 2.51. The maximum Gasteiger partial charge on any atom is 0.201 e. The smallest absolute Gasteiger partial charge is 0.201 e. The van der Waals surface area contributed by atoms with E-state index in [1.807, 2.05) is 16.5 Å². The lowest BCUT2D eigenvalue weighted by atomic mass is 10.2. The Balaban J connectivity index is 1.98. The second-order valence-electron chi connectivity index (χ2n) is 5.40. The number of H-pyrrole nitrogens is 1. The Morgan fingerprint density at radius 3 is 2.95 bits per heavy atom. The Bertz CT molecular complexity index is 1070. The van der Waals surface area contributed by atoms with Crippen molar-refractivity contribution in [3.05, 3.63) is 39.7 Å². The van der Waals surface area contributed by atoms with Crippen molar-refractivity contribution in [3.63, 3.8) is 0 Å². The number of hydrogen-bond acceptors (Lipinski definition) is 5. The van der Waals surface area contributed by atoms with Gasteiger partial charge in [-0.2, -0.15) is 5.10 Å². The Morgan fingerprint density at radius 1 is 1.23 bits per heavy atom. The molecule has 0 radical (unpaired) electrons. The largest absolute Gasteiger partial charge is 0.265 e. The minimum Gasteiger partial charge on any atom is -0.265 e. The maximum atomic E-state index is 5.43. The van der Waals surface area contributed by atoms with Gasteiger partial charge in [-0.1, -0.05) is 0 Å². The molecule has 4 heterocycles. The zero-order valence-electron chi connectivity index (χ0n) is 11.5. The van der Waals surface area contributed by atoms with Gasteiger partial charge < -0.3 is 0 Å². The van der Waals surface area contributed by atoms with Crippen molar-refractivity contribution in [3.8, 4) is 11.4 Å². The van der Waals surface area contributed by atoms with Crippen LogP contribution in [0.5, 0.6) is 0 Å². The molecule has 0 amide bonds. The molecule has 0 aliphatic heterocycles. The van der Waals surface area contributed by atoms with Crippen LogP contribution in [0.4, 0.5) is 0 Å². The fourth-order valence-electron chi connectivity index (χ4n) is 3.20. The lowest BCUT2D eigenvalue weighted by molar-refractivity contribution is 0.917. The molecule has 5 rings (SSSR count). The monoisotopic (exact) mass is 325 g/mol. The second kappa shape index (κ2) is 4.44. The Labute approximate surface area is 134 Å². The van der Waals surface area contributed by atoms with E-state index in [0.29, 0.717) is 4.77 Å². The summed E-state index contributed by atoms with van der Waals surface area (Å²) in [4.78, 5) is 11.5. The van der Waals surface area contributed by atoms with Gasteiger partial charge in [-0.15, -0.1) is 11.3 Å². The van der Waals surface area contributed by atoms with E-state index in [0.717, 1.165) is 34.7 Å². The molecule has 0 saturated carbocycles. The SMILES string of the molecule is S=c1[nH]nc2c3c4c(sc3nc(-c3ccncc3)n12)CCC4. The van der Waals surface area contributed by atoms with Gasteiger partial charge >= 0.3 is 0 Å². The van der Waals surface area contributed by atoms with Crippen molar-refractivity contribution in [2.45, 2.75) is 19.3 Å². The highest BCUT2D eigenvalue weighted by atomic mass is 32.1. The van der Waals surface area contributed by atoms with E-state index in [9.17, 15) is 0 Å². The molecule has 0 unspecified atom stereocenters. The molecule has 1 aliphatic rings. The van der Waals surface area contributed by atoms with E-state index >= 15 is 0 Å². The van der Waals surface area contributed by atoms with Crippen molar-refractivity contribution in [2.75, 3.05) is 0 Å². The van der Waals surface area contributed by atoms with Gasteiger partial charge in [0.1, 0.15) is 10.7 Å². The zero-order valence-corrected chi connectivity index (χ0v) is 13.2. The summed E-state index contributed by atoms with van der Waals surface area (Å²) in [6.07, 6.45) is 7.02. The van der Waals surface area contributed by atoms with Gasteiger partial charge in [-0.05, 0) is 49.2 Å². The molecular formula is C15H11N5S2. The van der Waals surface area contributed by atoms with Gasteiger partial charge in [0.05, 0.1) is 5.39 Å². The van der Waals surface area contributed by atoms with E-state index in [1.54, 1.807) is 23.7 Å². The average molecular weight is 325 g/mol. The Morgan fingerprint density at radius 2 is 2.09 bits per heavy atom. The highest BCUT2D eigenvalue weighted by Crippen LogP contribution is 2.39. The summed E-state index contributed by atoms with van der Waals surface area (Å²) in [7, 11) is 0. The van der Waals surface area contributed by atoms with E-state index in [-0.39, 0.29) is 0 Å². The molecule has 4 aromatic heterocycles. The van der Waals surface area contributed by atoms with E-state index in [2.05, 4.69) is 15.2 Å². The summed E-state index contributed by atoms with van der Waals surface area (Å²) < 4.78 is 2.52. The molecule has 0 atom stereocenters. The quantitative estimate of drug-likeness (QED) is 0.544. The first-order valence-corrected chi connectivity index (χ1v) is 8.37. The van der Waals surface area contributed by atoms with Gasteiger partial charge in [0, 0.05) is 22.8 Å². The number of pyridine rings is 1. The molecule has 0 saturated heterocycles. The van der Waals surface area contributed by atoms with Crippen LogP contribution in [0.2, 0.25) is 0 Å². The first-order chi connectivity index (χ1) is 10.8. The summed E-state index contributed by atoms with van der Waals surface area (Å²) in [5.41, 5.74) is 3.29. The molecule has 1 N–H and O–H groups in total. The zero-order chi connectivity index (χ0) is 14.7. The van der Waals surface area contributed by atoms with Crippen molar-refractivity contribution in [2.24, 2.45) is 0 Å². The van der Waals surface area contributed by atoms with Gasteiger partial charge in [-0.25, -0.2) is 4.98 Å². The number of fused-ring (bicyclic) bond motifs is 5. The molecule has 4 aromatic rings. The molecule has 0 spiro atoms. The van der Waals surface area contributed by atoms with Crippen molar-refractivity contribution < 1.29 is 0 Å². The minimum atomic E-state index is 0.578. The summed E-state index contributed by atoms with van der Waals surface area (Å²) in [6.45, 7) is 0. The predicted molar refractivity (Wildman–Crippen MR) is 88.8 cm³/mol. The van der Waals surface area contributed by atoms with E-state index in [4.69, 9.17) is 17.2 Å². The van der Waals surface area contributed by atoms with Crippen LogP contribution in [-0.2, 0) is 12.8 Å². The van der Waals surface area contributed by atoms with E-state index in [1.165, 1.54) is 22.2 Å². The van der Waals surface area contributed by atoms with Crippen LogP contribution in [0.3, 0.4) is 0 Å². The maximum absolute atomic E-state index is 5.43. The number of hydrogen-bond donors (Lipinski definition) is 1. The molecule has 22 heavy (non-hydrogen) atoms. The number of nitrogens with one attached hydrogen (secondary N) is 1. The number of nitrogens with zero attached hydrogens (tertiary/aromatic N) is 4. The predicted octanol–water partition coefficient (Wildman–Crippen LogP) is 3.55. The van der Waals surface area contributed by atoms with Crippen molar-refractivity contribution in [1.82, 2.24) is 24.6 Å². The topological polar surface area (TPSA) is 58.9 Å². The molecule has 0 bridgehead atoms. The summed E-state index contributed by atoms with van der Waals surface area (Å²) >= 11 is 7.22. The number of thiophene rings is 1. The lowest BCUT2D eigenvalue weighted by Gasteiger charge is -2.05. The van der Waals surface area contributed by atoms with Crippen LogP contribution in [-0.4, -0.2) is 24.6 Å². The van der Waals surface area contributed by atoms with Crippen LogP contribution in [0, 0.1) is 4.77 Å². The van der Waals surface area contributed by atoms with Crippen molar-refractivity contribution >= 4 is 39.4 Å². The third kappa shape index (κ3) is 1.57. The van der Waals surface area contributed by atoms with Crippen LogP contribution < -0.4 is 0 Å². The third-order valence-electron chi connectivity index (χ3n) is 4.16. The van der Waals surface area contributed by atoms with Crippen LogP contribution in [0.1, 0.15) is 16.9 Å². The molecule has 0 aromatic carbocycles. The fraction of sp³-hybridized carbons (Fsp3) is 0.200. The number of rotatable bonds is 1. The average Bonchev–Trinajstić information content (AvgIpc) is 3.21. The van der Waals surface area contributed by atoms with Gasteiger partial charge in [-0.3, -0.25) is 14.5 Å². The first-order valence-electron chi connectivity index (χ1n) is 7.15. The molecule has 7 heteroatoms. The fourth-order valence-corrected chi connectivity index (χ4v) is 4.68. The number of aryl methyl sites for hydroxylation is 2. The molecular weight excluding hydrogens is 314 g/mol. The summed E-state index contributed by atoms with van der Waals surface area (Å²) in [6, 6.07) is 3.90. The van der Waals surface area contributed by atoms with Crippen LogP contribution >= 0.6 is 23.6 Å². The molecule has 0 fully saturated rings. The second-order valence-corrected chi connectivity index (χ2v) is 6.87.